The molecule has 1 aromatic rings. The van der Waals surface area contributed by atoms with Crippen LogP contribution in [0.15, 0.2) is 18.2 Å². The first-order chi connectivity index (χ1) is 7.17. The van der Waals surface area contributed by atoms with E-state index < -0.39 is 6.29 Å². The molecule has 0 spiro atoms. The van der Waals surface area contributed by atoms with Crippen molar-refractivity contribution in [2.24, 2.45) is 0 Å². The Hall–Kier alpha value is -1.46. The number of nitrogen functional groups attached to an aromatic ring is 1. The number of hydrogen-bond acceptors (Lipinski definition) is 5. The standard InChI is InChI=1S/C10H15NO4/c1-14-9-6-7(11)2-3-8(9)15-10(13)4-5-12/h2-3,6,10,12-13H,4-5,11H2,1H3. The average molecular weight is 213 g/mol. The normalized spacial score (nSPS) is 12.2. The van der Waals surface area contributed by atoms with Gasteiger partial charge in [0.1, 0.15) is 0 Å². The van der Waals surface area contributed by atoms with Gasteiger partial charge in [0.05, 0.1) is 7.11 Å². The van der Waals surface area contributed by atoms with Crippen LogP contribution >= 0.6 is 0 Å². The summed E-state index contributed by atoms with van der Waals surface area (Å²) in [5.74, 6) is 0.847. The van der Waals surface area contributed by atoms with E-state index in [0.717, 1.165) is 0 Å². The molecule has 0 aliphatic rings. The van der Waals surface area contributed by atoms with Gasteiger partial charge in [0, 0.05) is 24.8 Å². The summed E-state index contributed by atoms with van der Waals surface area (Å²) in [5.41, 5.74) is 6.11. The molecular weight excluding hydrogens is 198 g/mol. The number of anilines is 1. The number of rotatable bonds is 5. The fraction of sp³-hybridized carbons (Fsp3) is 0.400. The lowest BCUT2D eigenvalue weighted by atomic mass is 10.3. The minimum Gasteiger partial charge on any atom is -0.493 e. The smallest absolute Gasteiger partial charge is 0.199 e. The number of benzene rings is 1. The molecule has 15 heavy (non-hydrogen) atoms. The molecule has 4 N–H and O–H groups in total. The van der Waals surface area contributed by atoms with Crippen LogP contribution in [-0.2, 0) is 0 Å². The van der Waals surface area contributed by atoms with Gasteiger partial charge in [-0.2, -0.15) is 0 Å². The molecule has 0 amide bonds. The van der Waals surface area contributed by atoms with Crippen molar-refractivity contribution in [2.45, 2.75) is 12.7 Å². The summed E-state index contributed by atoms with van der Waals surface area (Å²) in [5, 5.41) is 17.9. The summed E-state index contributed by atoms with van der Waals surface area (Å²) in [6, 6.07) is 4.85. The highest BCUT2D eigenvalue weighted by Crippen LogP contribution is 2.29. The molecule has 0 heterocycles. The van der Waals surface area contributed by atoms with Crippen molar-refractivity contribution in [3.63, 3.8) is 0 Å². The Morgan fingerprint density at radius 1 is 1.40 bits per heavy atom. The lowest BCUT2D eigenvalue weighted by Crippen LogP contribution is -2.17. The minimum atomic E-state index is -1.05. The van der Waals surface area contributed by atoms with Gasteiger partial charge in [0.15, 0.2) is 17.8 Å². The molecule has 1 atom stereocenters. The first kappa shape index (κ1) is 11.6. The fourth-order valence-corrected chi connectivity index (χ4v) is 1.10. The van der Waals surface area contributed by atoms with Crippen molar-refractivity contribution in [3.05, 3.63) is 18.2 Å². The summed E-state index contributed by atoms with van der Waals surface area (Å²) in [6.07, 6.45) is -0.902. The van der Waals surface area contributed by atoms with Crippen LogP contribution in [0, 0.1) is 0 Å². The van der Waals surface area contributed by atoms with E-state index in [2.05, 4.69) is 0 Å². The molecule has 0 saturated heterocycles. The van der Waals surface area contributed by atoms with E-state index in [1.807, 2.05) is 0 Å². The van der Waals surface area contributed by atoms with Gasteiger partial charge in [-0.05, 0) is 12.1 Å². The second-order valence-electron chi connectivity index (χ2n) is 3.00. The molecule has 0 fully saturated rings. The first-order valence-corrected chi connectivity index (χ1v) is 4.56. The Morgan fingerprint density at radius 3 is 2.73 bits per heavy atom. The number of hydrogen-bond donors (Lipinski definition) is 3. The monoisotopic (exact) mass is 213 g/mol. The minimum absolute atomic E-state index is 0.140. The summed E-state index contributed by atoms with van der Waals surface area (Å²) in [7, 11) is 1.49. The number of aliphatic hydroxyl groups excluding tert-OH is 2. The van der Waals surface area contributed by atoms with Crippen LogP contribution < -0.4 is 15.2 Å². The largest absolute Gasteiger partial charge is 0.493 e. The molecular formula is C10H15NO4. The molecule has 5 nitrogen and oxygen atoms in total. The van der Waals surface area contributed by atoms with E-state index >= 15 is 0 Å². The third-order valence-electron chi connectivity index (χ3n) is 1.83. The van der Waals surface area contributed by atoms with Gasteiger partial charge in [-0.3, -0.25) is 0 Å². The van der Waals surface area contributed by atoms with Crippen molar-refractivity contribution in [2.75, 3.05) is 19.5 Å². The van der Waals surface area contributed by atoms with Gasteiger partial charge in [-0.15, -0.1) is 0 Å². The predicted octanol–water partition coefficient (Wildman–Crippen LogP) is 0.357. The summed E-state index contributed by atoms with van der Waals surface area (Å²) in [6.45, 7) is -0.140. The Bertz CT molecular complexity index is 316. The van der Waals surface area contributed by atoms with Crippen molar-refractivity contribution < 1.29 is 19.7 Å². The van der Waals surface area contributed by atoms with Crippen LogP contribution in [-0.4, -0.2) is 30.2 Å². The molecule has 0 saturated carbocycles. The Balaban J connectivity index is 2.75. The Kier molecular flexibility index (Phi) is 4.20. The van der Waals surface area contributed by atoms with Gasteiger partial charge < -0.3 is 25.4 Å². The van der Waals surface area contributed by atoms with Crippen LogP contribution in [0.1, 0.15) is 6.42 Å². The van der Waals surface area contributed by atoms with Crippen LogP contribution in [0.2, 0.25) is 0 Å². The van der Waals surface area contributed by atoms with E-state index in [4.69, 9.17) is 20.3 Å². The van der Waals surface area contributed by atoms with Crippen molar-refractivity contribution in [1.82, 2.24) is 0 Å². The summed E-state index contributed by atoms with van der Waals surface area (Å²) >= 11 is 0. The number of aliphatic hydroxyl groups is 2. The molecule has 0 bridgehead atoms. The summed E-state index contributed by atoms with van der Waals surface area (Å²) < 4.78 is 10.2. The molecule has 0 aromatic heterocycles. The molecule has 1 aromatic carbocycles. The van der Waals surface area contributed by atoms with E-state index in [0.29, 0.717) is 17.2 Å². The number of ether oxygens (including phenoxy) is 2. The molecule has 0 radical (unpaired) electrons. The maximum absolute atomic E-state index is 9.32. The van der Waals surface area contributed by atoms with E-state index in [1.54, 1.807) is 18.2 Å². The Labute approximate surface area is 88.0 Å². The third kappa shape index (κ3) is 3.30. The van der Waals surface area contributed by atoms with Crippen molar-refractivity contribution in [1.29, 1.82) is 0 Å². The van der Waals surface area contributed by atoms with Gasteiger partial charge in [-0.1, -0.05) is 0 Å². The fourth-order valence-electron chi connectivity index (χ4n) is 1.10. The second kappa shape index (κ2) is 5.43. The number of nitrogens with two attached hydrogens (primary N) is 1. The van der Waals surface area contributed by atoms with Gasteiger partial charge in [-0.25, -0.2) is 0 Å². The Morgan fingerprint density at radius 2 is 2.13 bits per heavy atom. The summed E-state index contributed by atoms with van der Waals surface area (Å²) in [4.78, 5) is 0. The van der Waals surface area contributed by atoms with Crippen LogP contribution in [0.25, 0.3) is 0 Å². The van der Waals surface area contributed by atoms with Crippen LogP contribution in [0.4, 0.5) is 5.69 Å². The predicted molar refractivity (Wildman–Crippen MR) is 55.7 cm³/mol. The lowest BCUT2D eigenvalue weighted by Gasteiger charge is -2.15. The first-order valence-electron chi connectivity index (χ1n) is 4.56. The topological polar surface area (TPSA) is 84.9 Å². The maximum Gasteiger partial charge on any atom is 0.199 e. The van der Waals surface area contributed by atoms with Crippen LogP contribution in [0.5, 0.6) is 11.5 Å². The zero-order valence-corrected chi connectivity index (χ0v) is 8.51. The number of methoxy groups -OCH3 is 1. The van der Waals surface area contributed by atoms with Gasteiger partial charge in [0.2, 0.25) is 0 Å². The van der Waals surface area contributed by atoms with Crippen LogP contribution in [0.3, 0.4) is 0 Å². The SMILES string of the molecule is COc1cc(N)ccc1OC(O)CCO. The van der Waals surface area contributed by atoms with Gasteiger partial charge in [0.25, 0.3) is 0 Å². The van der Waals surface area contributed by atoms with Gasteiger partial charge >= 0.3 is 0 Å². The second-order valence-corrected chi connectivity index (χ2v) is 3.00. The highest BCUT2D eigenvalue weighted by molar-refractivity contribution is 5.51. The average Bonchev–Trinajstić information content (AvgIpc) is 2.21. The zero-order chi connectivity index (χ0) is 11.3. The highest BCUT2D eigenvalue weighted by atomic mass is 16.6. The highest BCUT2D eigenvalue weighted by Gasteiger charge is 2.09. The van der Waals surface area contributed by atoms with E-state index in [9.17, 15) is 5.11 Å². The van der Waals surface area contributed by atoms with E-state index in [-0.39, 0.29) is 13.0 Å². The van der Waals surface area contributed by atoms with Crippen molar-refractivity contribution >= 4 is 5.69 Å². The molecule has 84 valence electrons. The zero-order valence-electron chi connectivity index (χ0n) is 8.51. The molecule has 1 unspecified atom stereocenters. The quantitative estimate of drug-likeness (QED) is 0.485. The molecule has 5 heteroatoms. The van der Waals surface area contributed by atoms with E-state index in [1.165, 1.54) is 7.11 Å². The van der Waals surface area contributed by atoms with Crippen molar-refractivity contribution in [3.8, 4) is 11.5 Å². The maximum atomic E-state index is 9.32. The molecule has 0 aliphatic carbocycles. The lowest BCUT2D eigenvalue weighted by molar-refractivity contribution is -0.0340. The molecule has 1 rings (SSSR count). The third-order valence-corrected chi connectivity index (χ3v) is 1.83. The molecule has 0 aliphatic heterocycles.